The summed E-state index contributed by atoms with van der Waals surface area (Å²) < 4.78 is 18.6. The molecule has 1 saturated heterocycles. The quantitative estimate of drug-likeness (QED) is 0.491. The predicted octanol–water partition coefficient (Wildman–Crippen LogP) is 4.20. The van der Waals surface area contributed by atoms with E-state index in [0.717, 1.165) is 18.8 Å². The van der Waals surface area contributed by atoms with Crippen molar-refractivity contribution in [1.82, 2.24) is 4.90 Å². The van der Waals surface area contributed by atoms with Crippen molar-refractivity contribution in [2.45, 2.75) is 6.92 Å². The van der Waals surface area contributed by atoms with Crippen LogP contribution in [-0.2, 0) is 9.53 Å². The van der Waals surface area contributed by atoms with Gasteiger partial charge in [0.05, 0.1) is 13.2 Å². The number of esters is 1. The Hall–Kier alpha value is -3.43. The summed E-state index contributed by atoms with van der Waals surface area (Å²) in [7, 11) is 0. The molecular formula is C25H26FN3O4S. The minimum Gasteiger partial charge on any atom is -0.508 e. The maximum Gasteiger partial charge on any atom is 0.341 e. The number of phenolic OH excluding ortho intramolecular Hbond substituents is 1. The molecule has 3 aromatic rings. The fourth-order valence-electron chi connectivity index (χ4n) is 3.89. The maximum atomic E-state index is 13.4. The number of anilines is 2. The lowest BCUT2D eigenvalue weighted by Gasteiger charge is -2.35. The molecule has 1 aliphatic heterocycles. The van der Waals surface area contributed by atoms with Gasteiger partial charge in [-0.25, -0.2) is 9.18 Å². The highest BCUT2D eigenvalue weighted by Gasteiger charge is 2.24. The van der Waals surface area contributed by atoms with E-state index in [9.17, 15) is 19.1 Å². The second-order valence-electron chi connectivity index (χ2n) is 7.91. The van der Waals surface area contributed by atoms with Crippen molar-refractivity contribution in [2.75, 3.05) is 49.5 Å². The molecule has 1 amide bonds. The first kappa shape index (κ1) is 23.7. The second kappa shape index (κ2) is 10.7. The monoisotopic (exact) mass is 483 g/mol. The average Bonchev–Trinajstić information content (AvgIpc) is 3.24. The number of nitrogens with zero attached hydrogens (tertiary/aromatic N) is 2. The van der Waals surface area contributed by atoms with Gasteiger partial charge in [0, 0.05) is 42.8 Å². The van der Waals surface area contributed by atoms with E-state index in [-0.39, 0.29) is 36.2 Å². The van der Waals surface area contributed by atoms with Crippen LogP contribution < -0.4 is 10.2 Å². The molecule has 2 N–H and O–H groups in total. The second-order valence-corrected chi connectivity index (χ2v) is 8.79. The molecule has 7 nitrogen and oxygen atoms in total. The summed E-state index contributed by atoms with van der Waals surface area (Å²) in [4.78, 5) is 29.8. The van der Waals surface area contributed by atoms with Gasteiger partial charge in [-0.2, -0.15) is 0 Å². The third kappa shape index (κ3) is 5.55. The normalized spacial score (nSPS) is 14.1. The van der Waals surface area contributed by atoms with Gasteiger partial charge in [0.1, 0.15) is 22.1 Å². The first-order valence-corrected chi connectivity index (χ1v) is 11.9. The minimum absolute atomic E-state index is 0.204. The SMILES string of the molecule is CCOC(=O)c1c(-c2ccc(F)cc2)csc1NC(=O)CN1CCN(c2ccc(O)cc2)CC1. The molecular weight excluding hydrogens is 457 g/mol. The molecule has 0 bridgehead atoms. The lowest BCUT2D eigenvalue weighted by molar-refractivity contribution is -0.117. The van der Waals surface area contributed by atoms with E-state index in [1.165, 1.54) is 23.5 Å². The number of halogens is 1. The molecule has 1 fully saturated rings. The number of carbonyl (C=O) groups excluding carboxylic acids is 2. The Balaban J connectivity index is 1.41. The highest BCUT2D eigenvalue weighted by atomic mass is 32.1. The molecule has 0 radical (unpaired) electrons. The summed E-state index contributed by atoms with van der Waals surface area (Å²) in [5, 5.41) is 14.5. The lowest BCUT2D eigenvalue weighted by Crippen LogP contribution is -2.48. The zero-order valence-corrected chi connectivity index (χ0v) is 19.6. The number of hydrogen-bond donors (Lipinski definition) is 2. The summed E-state index contributed by atoms with van der Waals surface area (Å²) in [6.45, 7) is 5.08. The van der Waals surface area contributed by atoms with Crippen LogP contribution in [0.2, 0.25) is 0 Å². The van der Waals surface area contributed by atoms with E-state index in [2.05, 4.69) is 15.1 Å². The van der Waals surface area contributed by atoms with Gasteiger partial charge in [-0.15, -0.1) is 11.3 Å². The highest BCUT2D eigenvalue weighted by molar-refractivity contribution is 7.15. The Morgan fingerprint density at radius 2 is 1.74 bits per heavy atom. The maximum absolute atomic E-state index is 13.4. The molecule has 4 rings (SSSR count). The molecule has 2 aromatic carbocycles. The van der Waals surface area contributed by atoms with Gasteiger partial charge < -0.3 is 20.1 Å². The number of amides is 1. The molecule has 1 aliphatic rings. The number of thiophene rings is 1. The van der Waals surface area contributed by atoms with Crippen LogP contribution in [0.1, 0.15) is 17.3 Å². The minimum atomic E-state index is -0.527. The molecule has 0 atom stereocenters. The highest BCUT2D eigenvalue weighted by Crippen LogP contribution is 2.36. The van der Waals surface area contributed by atoms with Gasteiger partial charge in [-0.3, -0.25) is 9.69 Å². The number of nitrogens with one attached hydrogen (secondary N) is 1. The van der Waals surface area contributed by atoms with E-state index in [0.29, 0.717) is 29.2 Å². The third-order valence-corrected chi connectivity index (χ3v) is 6.53. The largest absolute Gasteiger partial charge is 0.508 e. The van der Waals surface area contributed by atoms with Crippen LogP contribution in [0.5, 0.6) is 5.75 Å². The lowest BCUT2D eigenvalue weighted by atomic mass is 10.0. The molecule has 1 aromatic heterocycles. The van der Waals surface area contributed by atoms with E-state index in [1.807, 2.05) is 12.1 Å². The summed E-state index contributed by atoms with van der Waals surface area (Å²) in [6.07, 6.45) is 0. The zero-order valence-electron chi connectivity index (χ0n) is 18.8. The van der Waals surface area contributed by atoms with Crippen molar-refractivity contribution < 1.29 is 23.8 Å². The number of benzene rings is 2. The standard InChI is InChI=1S/C25H26FN3O4S/c1-2-33-25(32)23-21(17-3-5-18(26)6-4-17)16-34-24(23)27-22(31)15-28-11-13-29(14-12-28)19-7-9-20(30)10-8-19/h3-10,16,30H,2,11-15H2,1H3,(H,27,31). The van der Waals surface area contributed by atoms with Gasteiger partial charge in [0.2, 0.25) is 5.91 Å². The third-order valence-electron chi connectivity index (χ3n) is 5.63. The first-order chi connectivity index (χ1) is 16.4. The molecule has 0 saturated carbocycles. The van der Waals surface area contributed by atoms with Gasteiger partial charge in [0.25, 0.3) is 0 Å². The van der Waals surface area contributed by atoms with Crippen LogP contribution in [0.15, 0.2) is 53.9 Å². The number of hydrogen-bond acceptors (Lipinski definition) is 7. The molecule has 0 spiro atoms. The number of rotatable bonds is 7. The van der Waals surface area contributed by atoms with E-state index < -0.39 is 5.97 Å². The van der Waals surface area contributed by atoms with Crippen molar-refractivity contribution in [1.29, 1.82) is 0 Å². The Bertz CT molecular complexity index is 1140. The molecule has 34 heavy (non-hydrogen) atoms. The molecule has 2 heterocycles. The molecule has 9 heteroatoms. The zero-order chi connectivity index (χ0) is 24.1. The average molecular weight is 484 g/mol. The molecule has 0 aliphatic carbocycles. The van der Waals surface area contributed by atoms with Crippen molar-refractivity contribution in [3.05, 3.63) is 65.3 Å². The Labute approximate surface area is 201 Å². The van der Waals surface area contributed by atoms with Gasteiger partial charge >= 0.3 is 5.97 Å². The van der Waals surface area contributed by atoms with Crippen LogP contribution >= 0.6 is 11.3 Å². The molecule has 178 valence electrons. The van der Waals surface area contributed by atoms with Crippen molar-refractivity contribution in [2.24, 2.45) is 0 Å². The number of carbonyl (C=O) groups is 2. The Morgan fingerprint density at radius 3 is 2.38 bits per heavy atom. The number of piperazine rings is 1. The van der Waals surface area contributed by atoms with Crippen LogP contribution in [0.3, 0.4) is 0 Å². The van der Waals surface area contributed by atoms with E-state index >= 15 is 0 Å². The smallest absolute Gasteiger partial charge is 0.341 e. The van der Waals surface area contributed by atoms with Gasteiger partial charge in [0.15, 0.2) is 0 Å². The van der Waals surface area contributed by atoms with Crippen LogP contribution in [0, 0.1) is 5.82 Å². The summed E-state index contributed by atoms with van der Waals surface area (Å²) in [5.74, 6) is -0.870. The van der Waals surface area contributed by atoms with Crippen LogP contribution in [-0.4, -0.2) is 61.2 Å². The predicted molar refractivity (Wildman–Crippen MR) is 131 cm³/mol. The number of aromatic hydroxyl groups is 1. The Kier molecular flexibility index (Phi) is 7.44. The van der Waals surface area contributed by atoms with E-state index in [4.69, 9.17) is 4.74 Å². The Morgan fingerprint density at radius 1 is 1.06 bits per heavy atom. The summed E-state index contributed by atoms with van der Waals surface area (Å²) in [6, 6.07) is 12.9. The van der Waals surface area contributed by atoms with Crippen molar-refractivity contribution >= 4 is 33.9 Å². The van der Waals surface area contributed by atoms with Crippen molar-refractivity contribution in [3.63, 3.8) is 0 Å². The molecule has 0 unspecified atom stereocenters. The number of phenols is 1. The summed E-state index contributed by atoms with van der Waals surface area (Å²) in [5.41, 5.74) is 2.59. The fourth-order valence-corrected chi connectivity index (χ4v) is 4.87. The summed E-state index contributed by atoms with van der Waals surface area (Å²) >= 11 is 1.24. The van der Waals surface area contributed by atoms with Crippen LogP contribution in [0.4, 0.5) is 15.1 Å². The topological polar surface area (TPSA) is 82.1 Å². The first-order valence-electron chi connectivity index (χ1n) is 11.1. The number of ether oxygens (including phenoxy) is 1. The fraction of sp³-hybridized carbons (Fsp3) is 0.280. The van der Waals surface area contributed by atoms with Gasteiger partial charge in [-0.05, 0) is 48.9 Å². The van der Waals surface area contributed by atoms with Crippen LogP contribution in [0.25, 0.3) is 11.1 Å². The van der Waals surface area contributed by atoms with E-state index in [1.54, 1.807) is 36.6 Å². The van der Waals surface area contributed by atoms with Crippen molar-refractivity contribution in [3.8, 4) is 16.9 Å². The van der Waals surface area contributed by atoms with Gasteiger partial charge in [-0.1, -0.05) is 12.1 Å².